The number of nitrogens with zero attached hydrogens (tertiary/aromatic N) is 7. The number of anilines is 1. The lowest BCUT2D eigenvalue weighted by molar-refractivity contribution is -0.138. The molecule has 1 fully saturated rings. The molecule has 0 saturated carbocycles. The highest BCUT2D eigenvalue weighted by atomic mass is 79.9. The van der Waals surface area contributed by atoms with E-state index in [1.165, 1.54) is 16.5 Å². The minimum atomic E-state index is -0.890. The molecule has 0 aliphatic carbocycles. The Morgan fingerprint density at radius 3 is 2.51 bits per heavy atom. The van der Waals surface area contributed by atoms with Gasteiger partial charge in [-0.05, 0) is 98.5 Å². The van der Waals surface area contributed by atoms with E-state index in [2.05, 4.69) is 47.2 Å². The van der Waals surface area contributed by atoms with Crippen LogP contribution in [0.1, 0.15) is 47.2 Å². The van der Waals surface area contributed by atoms with Gasteiger partial charge in [-0.25, -0.2) is 19.3 Å². The zero-order chi connectivity index (χ0) is 34.0. The van der Waals surface area contributed by atoms with E-state index in [9.17, 15) is 18.8 Å². The van der Waals surface area contributed by atoms with Gasteiger partial charge in [-0.15, -0.1) is 6.42 Å². The number of rotatable bonds is 10. The van der Waals surface area contributed by atoms with Gasteiger partial charge in [-0.1, -0.05) is 12.0 Å². The van der Waals surface area contributed by atoms with E-state index in [4.69, 9.17) is 6.42 Å². The quantitative estimate of drug-likeness (QED) is 0.143. The average Bonchev–Trinajstić information content (AvgIpc) is 3.60. The first-order chi connectivity index (χ1) is 22.4. The molecular weight excluding hydrogens is 667 g/mol. The zero-order valence-corrected chi connectivity index (χ0v) is 28.5. The molecule has 0 spiro atoms. The number of halogens is 2. The number of aryl methyl sites for hydroxylation is 2. The monoisotopic (exact) mass is 702 g/mol. The molecule has 1 aliphatic heterocycles. The third-order valence-electron chi connectivity index (χ3n) is 8.42. The predicted molar refractivity (Wildman–Crippen MR) is 180 cm³/mol. The number of aromatic nitrogens is 5. The van der Waals surface area contributed by atoms with Crippen molar-refractivity contribution in [2.45, 2.75) is 58.9 Å². The number of benzene rings is 1. The van der Waals surface area contributed by atoms with Crippen molar-refractivity contribution in [1.29, 1.82) is 0 Å². The Hall–Kier alpha value is -4.54. The summed E-state index contributed by atoms with van der Waals surface area (Å²) in [4.78, 5) is 57.2. The number of hydrogen-bond acceptors (Lipinski definition) is 8. The molecule has 13 heteroatoms. The highest BCUT2D eigenvalue weighted by Crippen LogP contribution is 2.35. The van der Waals surface area contributed by atoms with Gasteiger partial charge in [0.05, 0.1) is 11.6 Å². The van der Waals surface area contributed by atoms with Crippen molar-refractivity contribution < 1.29 is 18.8 Å². The number of pyridine rings is 1. The number of likely N-dealkylation sites (tertiary alicyclic amines) is 1. The van der Waals surface area contributed by atoms with Crippen LogP contribution in [0.2, 0.25) is 0 Å². The number of carbonyl (C=O) groups is 3. The summed E-state index contributed by atoms with van der Waals surface area (Å²) in [5.74, 6) is 2.34. The van der Waals surface area contributed by atoms with Gasteiger partial charge in [0.2, 0.25) is 11.8 Å². The molecule has 244 valence electrons. The van der Waals surface area contributed by atoms with E-state index >= 15 is 0 Å². The van der Waals surface area contributed by atoms with E-state index in [1.807, 2.05) is 32.0 Å². The van der Waals surface area contributed by atoms with Crippen LogP contribution in [-0.4, -0.2) is 84.9 Å². The lowest BCUT2D eigenvalue weighted by Gasteiger charge is -2.28. The number of nitrogens with one attached hydrogen (secondary N) is 1. The molecule has 47 heavy (non-hydrogen) atoms. The molecule has 5 rings (SSSR count). The molecule has 11 nitrogen and oxygen atoms in total. The molecule has 3 atom stereocenters. The second-order valence-electron chi connectivity index (χ2n) is 12.1. The Morgan fingerprint density at radius 1 is 1.15 bits per heavy atom. The van der Waals surface area contributed by atoms with Crippen molar-refractivity contribution in [1.82, 2.24) is 34.5 Å². The first kappa shape index (κ1) is 33.8. The summed E-state index contributed by atoms with van der Waals surface area (Å²) in [5, 5.41) is 7.78. The molecular formula is C34H36BrFN8O3. The topological polar surface area (TPSA) is 126 Å². The van der Waals surface area contributed by atoms with E-state index in [0.29, 0.717) is 57.7 Å². The smallest absolute Gasteiger partial charge is 0.248 e. The van der Waals surface area contributed by atoms with Crippen LogP contribution in [0.3, 0.4) is 0 Å². The van der Waals surface area contributed by atoms with E-state index in [-0.39, 0.29) is 29.5 Å². The zero-order valence-electron chi connectivity index (χ0n) is 26.9. The first-order valence-corrected chi connectivity index (χ1v) is 16.0. The van der Waals surface area contributed by atoms with E-state index in [1.54, 1.807) is 37.5 Å². The lowest BCUT2D eigenvalue weighted by Crippen LogP contribution is -2.48. The fraction of sp³-hybridized carbons (Fsp3) is 0.382. The molecule has 1 N–H and O–H groups in total. The Labute approximate surface area is 281 Å². The van der Waals surface area contributed by atoms with Gasteiger partial charge in [-0.2, -0.15) is 5.10 Å². The summed E-state index contributed by atoms with van der Waals surface area (Å²) in [6.45, 7) is 4.43. The molecule has 4 heterocycles. The van der Waals surface area contributed by atoms with E-state index in [0.717, 1.165) is 5.56 Å². The molecule has 4 aromatic rings. The summed E-state index contributed by atoms with van der Waals surface area (Å²) in [7, 11) is 3.90. The summed E-state index contributed by atoms with van der Waals surface area (Å²) < 4.78 is 16.5. The van der Waals surface area contributed by atoms with Gasteiger partial charge in [-0.3, -0.25) is 19.1 Å². The number of carbonyl (C=O) groups excluding carboxylic acids is 3. The number of terminal acetylenes is 1. The van der Waals surface area contributed by atoms with Crippen molar-refractivity contribution in [2.24, 2.45) is 5.92 Å². The number of ketones is 1. The highest BCUT2D eigenvalue weighted by Gasteiger charge is 2.46. The molecule has 3 aromatic heterocycles. The second-order valence-corrected chi connectivity index (χ2v) is 12.9. The first-order valence-electron chi connectivity index (χ1n) is 15.2. The summed E-state index contributed by atoms with van der Waals surface area (Å²) in [5.41, 5.74) is 2.68. The Bertz CT molecular complexity index is 1880. The van der Waals surface area contributed by atoms with Crippen LogP contribution in [0.4, 0.5) is 10.2 Å². The normalized spacial score (nSPS) is 17.7. The molecule has 1 saturated heterocycles. The largest absolute Gasteiger partial charge is 0.315 e. The fourth-order valence-electron chi connectivity index (χ4n) is 6.06. The molecule has 0 bridgehead atoms. The maximum atomic E-state index is 14.7. The van der Waals surface area contributed by atoms with E-state index < -0.39 is 30.6 Å². The summed E-state index contributed by atoms with van der Waals surface area (Å²) >= 11 is 3.35. The predicted octanol–water partition coefficient (Wildman–Crippen LogP) is 4.75. The second kappa shape index (κ2) is 14.1. The standard InChI is InChI=1S/C34H36BrFN8O3/c1-7-27-22(10-11-42(5)6)14-28(34(47)40-33-19(2)8-9-29(35)39-33)44(27)30(46)18-43-32-24(15-36)12-23(25-16-37-21(4)38-17-25)13-26(32)31(41-43)20(3)45/h1,8-9,12-13,16-17,22,27-28H,10-11,14-15,18H2,2-6H3,(H,39,40,47)/t22-,27+,28-/m0/s1. The van der Waals surface area contributed by atoms with Crippen molar-refractivity contribution in [2.75, 3.05) is 26.0 Å². The average molecular weight is 704 g/mol. The van der Waals surface area contributed by atoms with Crippen LogP contribution >= 0.6 is 15.9 Å². The summed E-state index contributed by atoms with van der Waals surface area (Å²) in [6, 6.07) is 5.41. The molecule has 2 amide bonds. The number of fused-ring (bicyclic) bond motifs is 1. The highest BCUT2D eigenvalue weighted by molar-refractivity contribution is 9.10. The van der Waals surface area contributed by atoms with Gasteiger partial charge < -0.3 is 15.1 Å². The third kappa shape index (κ3) is 7.08. The maximum absolute atomic E-state index is 14.7. The van der Waals surface area contributed by atoms with Gasteiger partial charge in [0.15, 0.2) is 5.78 Å². The Kier molecular flexibility index (Phi) is 10.1. The van der Waals surface area contributed by atoms with Crippen LogP contribution < -0.4 is 5.32 Å². The SMILES string of the molecule is C#C[C@@H]1[C@@H](CCN(C)C)C[C@@H](C(=O)Nc2nc(Br)ccc2C)N1C(=O)Cn1nc(C(C)=O)c2cc(-c3cnc(C)nc3)cc(CF)c21. The Morgan fingerprint density at radius 2 is 1.87 bits per heavy atom. The number of Topliss-reactive ketones (excluding diaryl/α,β-unsaturated/α-hetero) is 1. The maximum Gasteiger partial charge on any atom is 0.248 e. The van der Waals surface area contributed by atoms with Gasteiger partial charge in [0.1, 0.15) is 41.2 Å². The van der Waals surface area contributed by atoms with Crippen LogP contribution in [0.25, 0.3) is 22.0 Å². The van der Waals surface area contributed by atoms with Gasteiger partial charge >= 0.3 is 0 Å². The van der Waals surface area contributed by atoms with Crippen molar-refractivity contribution >= 4 is 50.2 Å². The Balaban J connectivity index is 1.54. The minimum Gasteiger partial charge on any atom is -0.315 e. The number of alkyl halides is 1. The van der Waals surface area contributed by atoms with Crippen molar-refractivity contribution in [3.63, 3.8) is 0 Å². The summed E-state index contributed by atoms with van der Waals surface area (Å²) in [6.07, 6.45) is 10.3. The number of hydrogen-bond donors (Lipinski definition) is 1. The minimum absolute atomic E-state index is 0.0988. The van der Waals surface area contributed by atoms with Crippen LogP contribution in [0, 0.1) is 32.1 Å². The van der Waals surface area contributed by atoms with Crippen molar-refractivity contribution in [3.8, 4) is 23.5 Å². The molecule has 1 aromatic carbocycles. The van der Waals surface area contributed by atoms with Gasteiger partial charge in [0, 0.05) is 35.8 Å². The molecule has 0 radical (unpaired) electrons. The third-order valence-corrected chi connectivity index (χ3v) is 8.86. The fourth-order valence-corrected chi connectivity index (χ4v) is 6.37. The van der Waals surface area contributed by atoms with Crippen LogP contribution in [0.5, 0.6) is 0 Å². The molecule has 0 unspecified atom stereocenters. The van der Waals surface area contributed by atoms with Crippen LogP contribution in [0.15, 0.2) is 41.3 Å². The lowest BCUT2D eigenvalue weighted by atomic mass is 9.95. The van der Waals surface area contributed by atoms with Crippen LogP contribution in [-0.2, 0) is 22.8 Å². The number of amides is 2. The van der Waals surface area contributed by atoms with Crippen molar-refractivity contribution in [3.05, 3.63) is 63.9 Å². The molecule has 1 aliphatic rings. The van der Waals surface area contributed by atoms with Gasteiger partial charge in [0.25, 0.3) is 0 Å².